The second-order valence-electron chi connectivity index (χ2n) is 4.74. The molecule has 5 heteroatoms. The number of hydrogen-bond donors (Lipinski definition) is 1. The Morgan fingerprint density at radius 1 is 1.26 bits per heavy atom. The van der Waals surface area contributed by atoms with Crippen molar-refractivity contribution in [1.29, 1.82) is 0 Å². The van der Waals surface area contributed by atoms with Gasteiger partial charge in [0.05, 0.1) is 0 Å². The smallest absolute Gasteiger partial charge is 0.324 e. The van der Waals surface area contributed by atoms with Gasteiger partial charge in [0.2, 0.25) is 0 Å². The van der Waals surface area contributed by atoms with Crippen LogP contribution in [0.3, 0.4) is 0 Å². The predicted octanol–water partition coefficient (Wildman–Crippen LogP) is 2.35. The van der Waals surface area contributed by atoms with Crippen molar-refractivity contribution < 1.29 is 14.7 Å². The Hall–Kier alpha value is -2.04. The Labute approximate surface area is 113 Å². The summed E-state index contributed by atoms with van der Waals surface area (Å²) in [6.45, 7) is 5.21. The number of carbonyl (C=O) groups is 2. The van der Waals surface area contributed by atoms with E-state index in [0.717, 1.165) is 11.3 Å². The number of urea groups is 1. The Kier molecular flexibility index (Phi) is 4.92. The van der Waals surface area contributed by atoms with Gasteiger partial charge in [0.15, 0.2) is 0 Å². The summed E-state index contributed by atoms with van der Waals surface area (Å²) >= 11 is 0. The lowest BCUT2D eigenvalue weighted by Crippen LogP contribution is -2.47. The molecule has 2 amide bonds. The number of hydrogen-bond acceptors (Lipinski definition) is 2. The van der Waals surface area contributed by atoms with Crippen molar-refractivity contribution in [1.82, 2.24) is 4.90 Å². The Bertz CT molecular complexity index is 472. The maximum Gasteiger partial charge on any atom is 0.324 e. The molecule has 104 valence electrons. The summed E-state index contributed by atoms with van der Waals surface area (Å²) in [7, 11) is 1.65. The first-order valence-corrected chi connectivity index (χ1v) is 6.16. The number of aliphatic carboxylic acids is 1. The van der Waals surface area contributed by atoms with Crippen LogP contribution in [0.2, 0.25) is 0 Å². The van der Waals surface area contributed by atoms with E-state index in [9.17, 15) is 9.59 Å². The Morgan fingerprint density at radius 3 is 2.32 bits per heavy atom. The van der Waals surface area contributed by atoms with Crippen LogP contribution in [0, 0.1) is 6.92 Å². The van der Waals surface area contributed by atoms with Gasteiger partial charge in [-0.15, -0.1) is 0 Å². The maximum absolute atomic E-state index is 12.4. The Morgan fingerprint density at radius 2 is 1.84 bits per heavy atom. The molecular weight excluding hydrogens is 244 g/mol. The van der Waals surface area contributed by atoms with Gasteiger partial charge in [-0.1, -0.05) is 18.2 Å². The number of aryl methyl sites for hydroxylation is 1. The first-order valence-electron chi connectivity index (χ1n) is 6.16. The van der Waals surface area contributed by atoms with Gasteiger partial charge < -0.3 is 10.0 Å². The summed E-state index contributed by atoms with van der Waals surface area (Å²) in [5.74, 6) is -1.01. The van der Waals surface area contributed by atoms with Crippen LogP contribution >= 0.6 is 0 Å². The van der Waals surface area contributed by atoms with Crippen molar-refractivity contribution in [2.75, 3.05) is 18.5 Å². The number of benzene rings is 1. The van der Waals surface area contributed by atoms with Gasteiger partial charge >= 0.3 is 12.0 Å². The first kappa shape index (κ1) is 15.0. The van der Waals surface area contributed by atoms with E-state index in [1.807, 2.05) is 31.2 Å². The summed E-state index contributed by atoms with van der Waals surface area (Å²) in [5, 5.41) is 8.88. The minimum Gasteiger partial charge on any atom is -0.480 e. The summed E-state index contributed by atoms with van der Waals surface area (Å²) in [6.07, 6.45) is 0. The van der Waals surface area contributed by atoms with Gasteiger partial charge in [-0.05, 0) is 32.4 Å². The van der Waals surface area contributed by atoms with E-state index in [4.69, 9.17) is 5.11 Å². The van der Waals surface area contributed by atoms with E-state index in [-0.39, 0.29) is 18.6 Å². The van der Waals surface area contributed by atoms with Crippen molar-refractivity contribution >= 4 is 17.7 Å². The van der Waals surface area contributed by atoms with Crippen LogP contribution in [0.1, 0.15) is 19.4 Å². The zero-order valence-corrected chi connectivity index (χ0v) is 11.8. The number of para-hydroxylation sites is 1. The van der Waals surface area contributed by atoms with E-state index in [0.29, 0.717) is 0 Å². The third kappa shape index (κ3) is 3.71. The molecule has 0 bridgehead atoms. The molecule has 0 fully saturated rings. The molecule has 1 aromatic carbocycles. The van der Waals surface area contributed by atoms with E-state index < -0.39 is 5.97 Å². The van der Waals surface area contributed by atoms with Crippen molar-refractivity contribution in [3.8, 4) is 0 Å². The van der Waals surface area contributed by atoms with Gasteiger partial charge in [-0.2, -0.15) is 0 Å². The van der Waals surface area contributed by atoms with Gasteiger partial charge in [0.25, 0.3) is 0 Å². The normalized spacial score (nSPS) is 10.4. The van der Waals surface area contributed by atoms with E-state index >= 15 is 0 Å². The van der Waals surface area contributed by atoms with E-state index in [1.165, 1.54) is 9.80 Å². The SMILES string of the molecule is Cc1ccccc1N(C)C(=O)N(CC(=O)O)C(C)C. The van der Waals surface area contributed by atoms with Crippen LogP contribution in [-0.2, 0) is 4.79 Å². The highest BCUT2D eigenvalue weighted by atomic mass is 16.4. The average Bonchev–Trinajstić information content (AvgIpc) is 2.34. The molecule has 0 radical (unpaired) electrons. The molecule has 0 unspecified atom stereocenters. The topological polar surface area (TPSA) is 60.9 Å². The molecule has 1 N–H and O–H groups in total. The number of carbonyl (C=O) groups excluding carboxylic acids is 1. The van der Waals surface area contributed by atoms with Crippen molar-refractivity contribution in [2.45, 2.75) is 26.8 Å². The maximum atomic E-state index is 12.4. The molecule has 1 rings (SSSR count). The molecule has 0 heterocycles. The molecule has 0 aliphatic carbocycles. The lowest BCUT2D eigenvalue weighted by Gasteiger charge is -2.30. The highest BCUT2D eigenvalue weighted by molar-refractivity contribution is 5.94. The highest BCUT2D eigenvalue weighted by Gasteiger charge is 2.24. The fourth-order valence-electron chi connectivity index (χ4n) is 1.85. The van der Waals surface area contributed by atoms with E-state index in [2.05, 4.69) is 0 Å². The molecule has 0 saturated carbocycles. The van der Waals surface area contributed by atoms with E-state index in [1.54, 1.807) is 20.9 Å². The molecule has 0 aliphatic heterocycles. The van der Waals surface area contributed by atoms with Gasteiger partial charge in [0, 0.05) is 18.8 Å². The molecule has 0 spiro atoms. The van der Waals surface area contributed by atoms with Crippen LogP contribution in [0.5, 0.6) is 0 Å². The zero-order chi connectivity index (χ0) is 14.6. The third-order valence-corrected chi connectivity index (χ3v) is 2.94. The number of carboxylic acids is 1. The molecule has 0 aliphatic rings. The fraction of sp³-hybridized carbons (Fsp3) is 0.429. The summed E-state index contributed by atoms with van der Waals surface area (Å²) in [5.41, 5.74) is 1.75. The van der Waals surface area contributed by atoms with Crippen molar-refractivity contribution in [2.24, 2.45) is 0 Å². The highest BCUT2D eigenvalue weighted by Crippen LogP contribution is 2.19. The van der Waals surface area contributed by atoms with Crippen LogP contribution in [0.15, 0.2) is 24.3 Å². The predicted molar refractivity (Wildman–Crippen MR) is 74.5 cm³/mol. The second-order valence-corrected chi connectivity index (χ2v) is 4.74. The average molecular weight is 264 g/mol. The van der Waals surface area contributed by atoms with Crippen molar-refractivity contribution in [3.05, 3.63) is 29.8 Å². The number of rotatable bonds is 4. The van der Waals surface area contributed by atoms with Crippen LogP contribution in [0.4, 0.5) is 10.5 Å². The third-order valence-electron chi connectivity index (χ3n) is 2.94. The molecule has 5 nitrogen and oxygen atoms in total. The zero-order valence-electron chi connectivity index (χ0n) is 11.8. The Balaban J connectivity index is 2.97. The number of amides is 2. The van der Waals surface area contributed by atoms with Crippen molar-refractivity contribution in [3.63, 3.8) is 0 Å². The number of carboxylic acid groups (broad SMARTS) is 1. The van der Waals surface area contributed by atoms with Crippen LogP contribution < -0.4 is 4.90 Å². The van der Waals surface area contributed by atoms with Gasteiger partial charge in [-0.25, -0.2) is 4.79 Å². The number of nitrogens with zero attached hydrogens (tertiary/aromatic N) is 2. The lowest BCUT2D eigenvalue weighted by molar-refractivity contribution is -0.137. The molecule has 19 heavy (non-hydrogen) atoms. The fourth-order valence-corrected chi connectivity index (χ4v) is 1.85. The molecule has 1 aromatic rings. The second kappa shape index (κ2) is 6.22. The standard InChI is InChI=1S/C14H20N2O3/c1-10(2)16(9-13(17)18)14(19)15(4)12-8-6-5-7-11(12)3/h5-8,10H,9H2,1-4H3,(H,17,18). The molecule has 0 aromatic heterocycles. The molecule has 0 saturated heterocycles. The van der Waals surface area contributed by atoms with Crippen LogP contribution in [-0.4, -0.2) is 41.6 Å². The first-order chi connectivity index (χ1) is 8.84. The minimum atomic E-state index is -1.01. The molecular formula is C14H20N2O3. The lowest BCUT2D eigenvalue weighted by atomic mass is 10.2. The minimum absolute atomic E-state index is 0.171. The number of anilines is 1. The molecule has 0 atom stereocenters. The van der Waals surface area contributed by atoms with Crippen LogP contribution in [0.25, 0.3) is 0 Å². The summed E-state index contributed by atoms with van der Waals surface area (Å²) in [6, 6.07) is 7.02. The largest absolute Gasteiger partial charge is 0.480 e. The monoisotopic (exact) mass is 264 g/mol. The van der Waals surface area contributed by atoms with Gasteiger partial charge in [0.1, 0.15) is 6.54 Å². The quantitative estimate of drug-likeness (QED) is 0.908. The summed E-state index contributed by atoms with van der Waals surface area (Å²) < 4.78 is 0. The van der Waals surface area contributed by atoms with Gasteiger partial charge in [-0.3, -0.25) is 9.69 Å². The summed E-state index contributed by atoms with van der Waals surface area (Å²) in [4.78, 5) is 26.0.